The van der Waals surface area contributed by atoms with Crippen LogP contribution in [0.15, 0.2) is 24.3 Å². The third-order valence-electron chi connectivity index (χ3n) is 3.87. The molecule has 0 spiro atoms. The van der Waals surface area contributed by atoms with Crippen LogP contribution in [0.5, 0.6) is 5.75 Å². The maximum absolute atomic E-state index is 5.90. The molecule has 1 aromatic carbocycles. The third kappa shape index (κ3) is 3.87. The zero-order valence-corrected chi connectivity index (χ0v) is 12.4. The van der Waals surface area contributed by atoms with Crippen molar-refractivity contribution in [3.8, 4) is 5.75 Å². The molecule has 3 heteroatoms. The summed E-state index contributed by atoms with van der Waals surface area (Å²) in [5.41, 5.74) is 1.29. The van der Waals surface area contributed by atoms with Gasteiger partial charge in [-0.15, -0.1) is 0 Å². The van der Waals surface area contributed by atoms with Crippen LogP contribution in [0, 0.1) is 5.92 Å². The molecule has 0 aliphatic carbocycles. The SMILES string of the molecule is CCC(C)Oc1cccc(N2CCC(CNC)C2)c1. The van der Waals surface area contributed by atoms with Crippen LogP contribution in [0.2, 0.25) is 0 Å². The smallest absolute Gasteiger partial charge is 0.121 e. The van der Waals surface area contributed by atoms with Gasteiger partial charge in [0.15, 0.2) is 0 Å². The van der Waals surface area contributed by atoms with Gasteiger partial charge in [-0.05, 0) is 51.4 Å². The molecule has 19 heavy (non-hydrogen) atoms. The van der Waals surface area contributed by atoms with Crippen molar-refractivity contribution in [2.45, 2.75) is 32.8 Å². The fourth-order valence-electron chi connectivity index (χ4n) is 2.59. The van der Waals surface area contributed by atoms with E-state index in [0.29, 0.717) is 0 Å². The third-order valence-corrected chi connectivity index (χ3v) is 3.87. The Morgan fingerprint density at radius 1 is 1.47 bits per heavy atom. The van der Waals surface area contributed by atoms with Crippen LogP contribution in [-0.2, 0) is 0 Å². The highest BCUT2D eigenvalue weighted by molar-refractivity contribution is 5.51. The Kier molecular flexibility index (Phi) is 5.08. The topological polar surface area (TPSA) is 24.5 Å². The molecule has 106 valence electrons. The molecule has 1 aliphatic rings. The molecule has 1 aromatic rings. The lowest BCUT2D eigenvalue weighted by molar-refractivity contribution is 0.217. The predicted molar refractivity (Wildman–Crippen MR) is 81.1 cm³/mol. The van der Waals surface area contributed by atoms with E-state index in [-0.39, 0.29) is 6.10 Å². The monoisotopic (exact) mass is 262 g/mol. The van der Waals surface area contributed by atoms with Gasteiger partial charge in [0.05, 0.1) is 6.10 Å². The van der Waals surface area contributed by atoms with E-state index in [1.807, 2.05) is 7.05 Å². The van der Waals surface area contributed by atoms with Gasteiger partial charge < -0.3 is 15.0 Å². The zero-order valence-electron chi connectivity index (χ0n) is 12.4. The molecule has 2 rings (SSSR count). The molecule has 1 saturated heterocycles. The van der Waals surface area contributed by atoms with E-state index in [4.69, 9.17) is 4.74 Å². The van der Waals surface area contributed by atoms with E-state index >= 15 is 0 Å². The van der Waals surface area contributed by atoms with Gasteiger partial charge in [0, 0.05) is 24.8 Å². The van der Waals surface area contributed by atoms with Crippen molar-refractivity contribution in [1.29, 1.82) is 0 Å². The Labute approximate surface area is 116 Å². The number of ether oxygens (including phenoxy) is 1. The fraction of sp³-hybridized carbons (Fsp3) is 0.625. The summed E-state index contributed by atoms with van der Waals surface area (Å²) in [4.78, 5) is 2.46. The van der Waals surface area contributed by atoms with Crippen LogP contribution in [0.4, 0.5) is 5.69 Å². The van der Waals surface area contributed by atoms with Crippen molar-refractivity contribution in [2.75, 3.05) is 31.6 Å². The van der Waals surface area contributed by atoms with E-state index in [9.17, 15) is 0 Å². The first-order valence-electron chi connectivity index (χ1n) is 7.39. The summed E-state index contributed by atoms with van der Waals surface area (Å²) in [5.74, 6) is 1.76. The molecule has 1 heterocycles. The van der Waals surface area contributed by atoms with Gasteiger partial charge in [-0.3, -0.25) is 0 Å². The van der Waals surface area contributed by atoms with Crippen molar-refractivity contribution >= 4 is 5.69 Å². The molecular formula is C16H26N2O. The highest BCUT2D eigenvalue weighted by Crippen LogP contribution is 2.27. The zero-order chi connectivity index (χ0) is 13.7. The van der Waals surface area contributed by atoms with Gasteiger partial charge in [0.1, 0.15) is 5.75 Å². The second-order valence-corrected chi connectivity index (χ2v) is 5.49. The van der Waals surface area contributed by atoms with Crippen molar-refractivity contribution < 1.29 is 4.74 Å². The molecule has 0 aromatic heterocycles. The van der Waals surface area contributed by atoms with Gasteiger partial charge in [-0.2, -0.15) is 0 Å². The second kappa shape index (κ2) is 6.80. The van der Waals surface area contributed by atoms with Crippen LogP contribution in [-0.4, -0.2) is 32.8 Å². The van der Waals surface area contributed by atoms with Gasteiger partial charge in [-0.25, -0.2) is 0 Å². The molecule has 2 unspecified atom stereocenters. The number of hydrogen-bond donors (Lipinski definition) is 1. The van der Waals surface area contributed by atoms with E-state index in [1.165, 1.54) is 12.1 Å². The van der Waals surface area contributed by atoms with Crippen molar-refractivity contribution in [3.63, 3.8) is 0 Å². The number of anilines is 1. The number of hydrogen-bond acceptors (Lipinski definition) is 3. The molecule has 3 nitrogen and oxygen atoms in total. The van der Waals surface area contributed by atoms with Gasteiger partial charge in [0.2, 0.25) is 0 Å². The van der Waals surface area contributed by atoms with Crippen LogP contribution in [0.25, 0.3) is 0 Å². The highest BCUT2D eigenvalue weighted by Gasteiger charge is 2.22. The first-order chi connectivity index (χ1) is 9.22. The molecule has 0 amide bonds. The Balaban J connectivity index is 1.99. The lowest BCUT2D eigenvalue weighted by Crippen LogP contribution is -2.24. The lowest BCUT2D eigenvalue weighted by Gasteiger charge is -2.20. The Morgan fingerprint density at radius 2 is 2.32 bits per heavy atom. The Bertz CT molecular complexity index is 394. The first kappa shape index (κ1) is 14.2. The molecule has 0 radical (unpaired) electrons. The summed E-state index contributed by atoms with van der Waals surface area (Å²) in [6.07, 6.45) is 2.60. The van der Waals surface area contributed by atoms with Crippen molar-refractivity contribution in [2.24, 2.45) is 5.92 Å². The summed E-state index contributed by atoms with van der Waals surface area (Å²) in [6, 6.07) is 8.51. The largest absolute Gasteiger partial charge is 0.491 e. The maximum Gasteiger partial charge on any atom is 0.121 e. The maximum atomic E-state index is 5.90. The number of benzene rings is 1. The van der Waals surface area contributed by atoms with Gasteiger partial charge >= 0.3 is 0 Å². The fourth-order valence-corrected chi connectivity index (χ4v) is 2.59. The second-order valence-electron chi connectivity index (χ2n) is 5.49. The average Bonchev–Trinajstić information content (AvgIpc) is 2.88. The number of nitrogens with zero attached hydrogens (tertiary/aromatic N) is 1. The molecule has 0 bridgehead atoms. The van der Waals surface area contributed by atoms with Crippen LogP contribution < -0.4 is 15.0 Å². The van der Waals surface area contributed by atoms with Crippen LogP contribution in [0.1, 0.15) is 26.7 Å². The van der Waals surface area contributed by atoms with Gasteiger partial charge in [-0.1, -0.05) is 13.0 Å². The molecule has 1 fully saturated rings. The minimum absolute atomic E-state index is 0.283. The van der Waals surface area contributed by atoms with Crippen LogP contribution >= 0.6 is 0 Å². The summed E-state index contributed by atoms with van der Waals surface area (Å²) in [7, 11) is 2.03. The lowest BCUT2D eigenvalue weighted by atomic mass is 10.1. The van der Waals surface area contributed by atoms with Crippen molar-refractivity contribution in [1.82, 2.24) is 5.32 Å². The van der Waals surface area contributed by atoms with Crippen LogP contribution in [0.3, 0.4) is 0 Å². The normalized spacial score (nSPS) is 20.6. The van der Waals surface area contributed by atoms with E-state index in [2.05, 4.69) is 48.3 Å². The molecule has 1 N–H and O–H groups in total. The molecule has 1 aliphatic heterocycles. The Hall–Kier alpha value is -1.22. The molecule has 0 saturated carbocycles. The minimum Gasteiger partial charge on any atom is -0.491 e. The standard InChI is InChI=1S/C16H26N2O/c1-4-13(2)19-16-7-5-6-15(10-16)18-9-8-14(12-18)11-17-3/h5-7,10,13-14,17H,4,8-9,11-12H2,1-3H3. The average molecular weight is 262 g/mol. The highest BCUT2D eigenvalue weighted by atomic mass is 16.5. The predicted octanol–water partition coefficient (Wildman–Crippen LogP) is 2.91. The van der Waals surface area contributed by atoms with E-state index < -0.39 is 0 Å². The summed E-state index contributed by atoms with van der Waals surface area (Å²) >= 11 is 0. The summed E-state index contributed by atoms with van der Waals surface area (Å²) in [5, 5.41) is 3.28. The first-order valence-corrected chi connectivity index (χ1v) is 7.39. The minimum atomic E-state index is 0.283. The molecule has 2 atom stereocenters. The quantitative estimate of drug-likeness (QED) is 0.853. The number of nitrogens with one attached hydrogen (secondary N) is 1. The summed E-state index contributed by atoms with van der Waals surface area (Å²) in [6.45, 7) is 7.68. The van der Waals surface area contributed by atoms with E-state index in [1.54, 1.807) is 0 Å². The van der Waals surface area contributed by atoms with Crippen molar-refractivity contribution in [3.05, 3.63) is 24.3 Å². The molecular weight excluding hydrogens is 236 g/mol. The van der Waals surface area contributed by atoms with Gasteiger partial charge in [0.25, 0.3) is 0 Å². The van der Waals surface area contributed by atoms with E-state index in [0.717, 1.165) is 37.7 Å². The number of rotatable bonds is 6. The summed E-state index contributed by atoms with van der Waals surface area (Å²) < 4.78 is 5.90. The Morgan fingerprint density at radius 3 is 3.05 bits per heavy atom.